The first-order valence-corrected chi connectivity index (χ1v) is 8.01. The molecule has 0 saturated carbocycles. The molecule has 0 aromatic heterocycles. The number of benzene rings is 1. The van der Waals surface area contributed by atoms with Gasteiger partial charge in [0.1, 0.15) is 0 Å². The third-order valence-electron chi connectivity index (χ3n) is 4.53. The van der Waals surface area contributed by atoms with Crippen LogP contribution >= 0.6 is 0 Å². The van der Waals surface area contributed by atoms with Gasteiger partial charge in [-0.2, -0.15) is 0 Å². The number of nitrogens with zero attached hydrogens (tertiary/aromatic N) is 1. The first-order chi connectivity index (χ1) is 9.84. The average molecular weight is 272 g/mol. The second kappa shape index (κ2) is 6.29. The van der Waals surface area contributed by atoms with Gasteiger partial charge in [0.05, 0.1) is 0 Å². The minimum Gasteiger partial charge on any atom is -0.325 e. The minimum atomic E-state index is 0.0888. The molecule has 3 heteroatoms. The number of amides is 2. The lowest BCUT2D eigenvalue weighted by Crippen LogP contribution is -2.36. The topological polar surface area (TPSA) is 32.3 Å². The maximum absolute atomic E-state index is 12.4. The molecule has 2 amide bonds. The summed E-state index contributed by atoms with van der Waals surface area (Å²) < 4.78 is 0. The first-order valence-electron chi connectivity index (χ1n) is 8.01. The normalized spacial score (nSPS) is 19.1. The number of likely N-dealkylation sites (tertiary alicyclic amines) is 1. The number of rotatable bonds is 1. The van der Waals surface area contributed by atoms with Crippen LogP contribution in [-0.4, -0.2) is 24.0 Å². The highest BCUT2D eigenvalue weighted by Crippen LogP contribution is 2.28. The number of fused-ring (bicyclic) bond motifs is 1. The highest BCUT2D eigenvalue weighted by atomic mass is 16.2. The van der Waals surface area contributed by atoms with E-state index in [1.54, 1.807) is 0 Å². The van der Waals surface area contributed by atoms with Gasteiger partial charge in [0.2, 0.25) is 0 Å². The van der Waals surface area contributed by atoms with Crippen LogP contribution in [0.1, 0.15) is 49.7 Å². The molecule has 1 heterocycles. The predicted molar refractivity (Wildman–Crippen MR) is 82.1 cm³/mol. The zero-order valence-electron chi connectivity index (χ0n) is 12.2. The largest absolute Gasteiger partial charge is 0.325 e. The van der Waals surface area contributed by atoms with E-state index >= 15 is 0 Å². The predicted octanol–water partition coefficient (Wildman–Crippen LogP) is 3.97. The maximum atomic E-state index is 12.4. The fraction of sp³-hybridized carbons (Fsp3) is 0.588. The zero-order chi connectivity index (χ0) is 13.8. The Morgan fingerprint density at radius 3 is 2.50 bits per heavy atom. The lowest BCUT2D eigenvalue weighted by molar-refractivity contribution is 0.213. The van der Waals surface area contributed by atoms with Crippen molar-refractivity contribution in [1.82, 2.24) is 4.90 Å². The summed E-state index contributed by atoms with van der Waals surface area (Å²) in [4.78, 5) is 14.4. The lowest BCUT2D eigenvalue weighted by Gasteiger charge is -2.24. The third kappa shape index (κ3) is 2.97. The zero-order valence-corrected chi connectivity index (χ0v) is 12.2. The molecule has 1 saturated heterocycles. The number of urea groups is 1. The van der Waals surface area contributed by atoms with Crippen molar-refractivity contribution < 1.29 is 4.79 Å². The summed E-state index contributed by atoms with van der Waals surface area (Å²) >= 11 is 0. The molecule has 2 aliphatic rings. The molecule has 0 atom stereocenters. The summed E-state index contributed by atoms with van der Waals surface area (Å²) in [7, 11) is 0. The Morgan fingerprint density at radius 2 is 1.70 bits per heavy atom. The van der Waals surface area contributed by atoms with E-state index in [9.17, 15) is 4.79 Å². The molecule has 0 radical (unpaired) electrons. The number of nitrogens with one attached hydrogen (secondary N) is 1. The van der Waals surface area contributed by atoms with Crippen molar-refractivity contribution in [1.29, 1.82) is 0 Å². The van der Waals surface area contributed by atoms with E-state index in [2.05, 4.69) is 23.5 Å². The Hall–Kier alpha value is -1.51. The third-order valence-corrected chi connectivity index (χ3v) is 4.53. The number of carbonyl (C=O) groups excluding carboxylic acids is 1. The summed E-state index contributed by atoms with van der Waals surface area (Å²) in [6, 6.07) is 6.42. The summed E-state index contributed by atoms with van der Waals surface area (Å²) in [5.41, 5.74) is 3.82. The Kier molecular flexibility index (Phi) is 4.24. The van der Waals surface area contributed by atoms with E-state index in [-0.39, 0.29) is 6.03 Å². The summed E-state index contributed by atoms with van der Waals surface area (Å²) in [5.74, 6) is 0. The molecule has 1 aliphatic heterocycles. The molecule has 1 fully saturated rings. The highest BCUT2D eigenvalue weighted by Gasteiger charge is 2.18. The fourth-order valence-corrected chi connectivity index (χ4v) is 3.37. The lowest BCUT2D eigenvalue weighted by atomic mass is 9.90. The van der Waals surface area contributed by atoms with Crippen molar-refractivity contribution in [3.63, 3.8) is 0 Å². The second-order valence-corrected chi connectivity index (χ2v) is 5.98. The van der Waals surface area contributed by atoms with Gasteiger partial charge in [-0.1, -0.05) is 25.0 Å². The van der Waals surface area contributed by atoms with Gasteiger partial charge in [-0.3, -0.25) is 0 Å². The molecule has 0 bridgehead atoms. The van der Waals surface area contributed by atoms with Crippen LogP contribution < -0.4 is 5.32 Å². The monoisotopic (exact) mass is 272 g/mol. The van der Waals surface area contributed by atoms with Crippen molar-refractivity contribution in [2.45, 2.75) is 51.4 Å². The molecule has 3 rings (SSSR count). The molecule has 0 spiro atoms. The highest BCUT2D eigenvalue weighted by molar-refractivity contribution is 5.90. The van der Waals surface area contributed by atoms with E-state index < -0.39 is 0 Å². The second-order valence-electron chi connectivity index (χ2n) is 5.98. The van der Waals surface area contributed by atoms with Crippen LogP contribution in [-0.2, 0) is 12.8 Å². The molecule has 20 heavy (non-hydrogen) atoms. The number of aryl methyl sites for hydroxylation is 1. The number of hydrogen-bond donors (Lipinski definition) is 1. The summed E-state index contributed by atoms with van der Waals surface area (Å²) in [5, 5.41) is 3.15. The van der Waals surface area contributed by atoms with Crippen LogP contribution in [0.4, 0.5) is 10.5 Å². The average Bonchev–Trinajstić information content (AvgIpc) is 2.77. The van der Waals surface area contributed by atoms with Crippen LogP contribution in [0.25, 0.3) is 0 Å². The number of carbonyl (C=O) groups is 1. The van der Waals surface area contributed by atoms with E-state index in [1.807, 2.05) is 4.90 Å². The van der Waals surface area contributed by atoms with Gasteiger partial charge in [0.25, 0.3) is 0 Å². The maximum Gasteiger partial charge on any atom is 0.321 e. The number of anilines is 1. The van der Waals surface area contributed by atoms with Gasteiger partial charge in [0.15, 0.2) is 0 Å². The molecule has 1 aromatic rings. The molecular formula is C17H24N2O. The van der Waals surface area contributed by atoms with Crippen LogP contribution in [0.3, 0.4) is 0 Å². The summed E-state index contributed by atoms with van der Waals surface area (Å²) in [6.45, 7) is 1.81. The van der Waals surface area contributed by atoms with Crippen molar-refractivity contribution in [3.8, 4) is 0 Å². The fourth-order valence-electron chi connectivity index (χ4n) is 3.37. The van der Waals surface area contributed by atoms with Crippen molar-refractivity contribution >= 4 is 11.7 Å². The van der Waals surface area contributed by atoms with E-state index in [1.165, 1.54) is 36.8 Å². The van der Waals surface area contributed by atoms with Gasteiger partial charge in [0, 0.05) is 18.8 Å². The molecule has 1 N–H and O–H groups in total. The van der Waals surface area contributed by atoms with Crippen molar-refractivity contribution in [3.05, 3.63) is 29.3 Å². The van der Waals surface area contributed by atoms with Crippen LogP contribution in [0.2, 0.25) is 0 Å². The smallest absolute Gasteiger partial charge is 0.321 e. The van der Waals surface area contributed by atoms with E-state index in [0.29, 0.717) is 0 Å². The quantitative estimate of drug-likeness (QED) is 0.824. The molecule has 1 aromatic carbocycles. The molecule has 0 unspecified atom stereocenters. The molecule has 108 valence electrons. The van der Waals surface area contributed by atoms with Crippen LogP contribution in [0.15, 0.2) is 18.2 Å². The number of hydrogen-bond acceptors (Lipinski definition) is 1. The Morgan fingerprint density at radius 1 is 0.950 bits per heavy atom. The van der Waals surface area contributed by atoms with Crippen LogP contribution in [0.5, 0.6) is 0 Å². The molecule has 1 aliphatic carbocycles. The first kappa shape index (κ1) is 13.5. The Labute approximate surface area is 121 Å². The van der Waals surface area contributed by atoms with Gasteiger partial charge in [-0.25, -0.2) is 4.79 Å². The van der Waals surface area contributed by atoms with Crippen LogP contribution in [0, 0.1) is 0 Å². The molecular weight excluding hydrogens is 248 g/mol. The Bertz CT molecular complexity index is 476. The van der Waals surface area contributed by atoms with E-state index in [4.69, 9.17) is 0 Å². The van der Waals surface area contributed by atoms with Crippen molar-refractivity contribution in [2.75, 3.05) is 18.4 Å². The van der Waals surface area contributed by atoms with Gasteiger partial charge in [-0.05, 0) is 55.7 Å². The standard InChI is InChI=1S/C17H24N2O/c20-17(19-12-5-1-2-6-13-19)18-16-11-7-9-14-8-3-4-10-15(14)16/h7,9,11H,1-6,8,10,12-13H2,(H,18,20). The van der Waals surface area contributed by atoms with E-state index in [0.717, 1.165) is 44.5 Å². The van der Waals surface area contributed by atoms with Gasteiger partial charge < -0.3 is 10.2 Å². The van der Waals surface area contributed by atoms with Gasteiger partial charge in [-0.15, -0.1) is 0 Å². The van der Waals surface area contributed by atoms with Crippen molar-refractivity contribution in [2.24, 2.45) is 0 Å². The summed E-state index contributed by atoms with van der Waals surface area (Å²) in [6.07, 6.45) is 9.56. The molecule has 3 nitrogen and oxygen atoms in total. The van der Waals surface area contributed by atoms with Gasteiger partial charge >= 0.3 is 6.03 Å². The minimum absolute atomic E-state index is 0.0888. The Balaban J connectivity index is 1.72. The SMILES string of the molecule is O=C(Nc1cccc2c1CCCC2)N1CCCCCC1.